The molecule has 3 rings (SSSR count). The highest BCUT2D eigenvalue weighted by Gasteiger charge is 2.25. The maximum atomic E-state index is 12.3. The highest BCUT2D eigenvalue weighted by molar-refractivity contribution is 14.0. The zero-order valence-corrected chi connectivity index (χ0v) is 18.1. The van der Waals surface area contributed by atoms with E-state index in [2.05, 4.69) is 32.5 Å². The Labute approximate surface area is 174 Å². The lowest BCUT2D eigenvalue weighted by atomic mass is 10.3. The highest BCUT2D eigenvalue weighted by atomic mass is 127. The van der Waals surface area contributed by atoms with Crippen LogP contribution in [0.3, 0.4) is 0 Å². The van der Waals surface area contributed by atoms with E-state index in [-0.39, 0.29) is 29.9 Å². The number of hydrogen-bond acceptors (Lipinski definition) is 5. The van der Waals surface area contributed by atoms with Crippen molar-refractivity contribution in [3.8, 4) is 0 Å². The average Bonchev–Trinajstić information content (AvgIpc) is 3.34. The van der Waals surface area contributed by atoms with Crippen molar-refractivity contribution in [3.05, 3.63) is 40.2 Å². The number of carbonyl (C=O) groups is 1. The summed E-state index contributed by atoms with van der Waals surface area (Å²) in [6.45, 7) is 5.55. The summed E-state index contributed by atoms with van der Waals surface area (Å²) in [5.41, 5.74) is 1.04. The van der Waals surface area contributed by atoms with Gasteiger partial charge in [0.25, 0.3) is 5.91 Å². The molecule has 1 N–H and O–H groups in total. The molecule has 0 aromatic carbocycles. The van der Waals surface area contributed by atoms with Crippen molar-refractivity contribution in [1.82, 2.24) is 20.1 Å². The number of nitrogens with zero attached hydrogens (tertiary/aromatic N) is 4. The zero-order valence-electron chi connectivity index (χ0n) is 15.0. The van der Waals surface area contributed by atoms with E-state index in [9.17, 15) is 4.79 Å². The minimum Gasteiger partial charge on any atom is -0.459 e. The van der Waals surface area contributed by atoms with Gasteiger partial charge in [0.1, 0.15) is 0 Å². The lowest BCUT2D eigenvalue weighted by Gasteiger charge is -2.36. The highest BCUT2D eigenvalue weighted by Crippen LogP contribution is 2.11. The van der Waals surface area contributed by atoms with E-state index in [0.29, 0.717) is 25.4 Å². The van der Waals surface area contributed by atoms with E-state index in [1.807, 2.05) is 4.90 Å². The van der Waals surface area contributed by atoms with Gasteiger partial charge in [0.05, 0.1) is 23.5 Å². The Balaban J connectivity index is 0.00000243. The van der Waals surface area contributed by atoms with Crippen molar-refractivity contribution >= 4 is 47.2 Å². The fourth-order valence-corrected chi connectivity index (χ4v) is 3.52. The Morgan fingerprint density at radius 1 is 1.35 bits per heavy atom. The van der Waals surface area contributed by atoms with Crippen LogP contribution in [0.5, 0.6) is 0 Å². The molecule has 1 aliphatic heterocycles. The lowest BCUT2D eigenvalue weighted by molar-refractivity contribution is 0.0657. The number of carbonyl (C=O) groups excluding carboxylic acids is 1. The summed E-state index contributed by atoms with van der Waals surface area (Å²) in [6, 6.07) is 3.44. The lowest BCUT2D eigenvalue weighted by Crippen LogP contribution is -2.53. The SMILES string of the molecule is CCc1nc(CNC(=NC)N2CCN(C(=O)c3ccco3)CC2)cs1.I. The molecule has 1 saturated heterocycles. The van der Waals surface area contributed by atoms with Crippen LogP contribution in [0.4, 0.5) is 0 Å². The van der Waals surface area contributed by atoms with Gasteiger partial charge >= 0.3 is 0 Å². The van der Waals surface area contributed by atoms with Gasteiger partial charge in [-0.05, 0) is 18.6 Å². The van der Waals surface area contributed by atoms with Crippen LogP contribution in [0.15, 0.2) is 33.2 Å². The average molecular weight is 489 g/mol. The molecular weight excluding hydrogens is 465 g/mol. The van der Waals surface area contributed by atoms with E-state index < -0.39 is 0 Å². The van der Waals surface area contributed by atoms with E-state index in [1.165, 1.54) is 6.26 Å². The molecular formula is C17H24IN5O2S. The van der Waals surface area contributed by atoms with E-state index in [0.717, 1.165) is 36.2 Å². The minimum absolute atomic E-state index is 0. The van der Waals surface area contributed by atoms with Gasteiger partial charge in [-0.25, -0.2) is 4.98 Å². The summed E-state index contributed by atoms with van der Waals surface area (Å²) in [6.07, 6.45) is 2.49. The third-order valence-electron chi connectivity index (χ3n) is 4.14. The maximum Gasteiger partial charge on any atom is 0.289 e. The fraction of sp³-hybridized carbons (Fsp3) is 0.471. The van der Waals surface area contributed by atoms with Gasteiger partial charge in [-0.1, -0.05) is 6.92 Å². The summed E-state index contributed by atoms with van der Waals surface area (Å²) >= 11 is 1.69. The van der Waals surface area contributed by atoms with Crippen molar-refractivity contribution in [1.29, 1.82) is 0 Å². The van der Waals surface area contributed by atoms with Crippen LogP contribution < -0.4 is 5.32 Å². The molecule has 0 aliphatic carbocycles. The third-order valence-corrected chi connectivity index (χ3v) is 5.18. The number of halogens is 1. The van der Waals surface area contributed by atoms with Gasteiger partial charge < -0.3 is 19.5 Å². The molecule has 2 aromatic rings. The Kier molecular flexibility index (Phi) is 7.88. The molecule has 1 amide bonds. The van der Waals surface area contributed by atoms with Crippen molar-refractivity contribution in [2.24, 2.45) is 4.99 Å². The monoisotopic (exact) mass is 489 g/mol. The van der Waals surface area contributed by atoms with Gasteiger partial charge in [0, 0.05) is 38.6 Å². The Morgan fingerprint density at radius 3 is 2.65 bits per heavy atom. The molecule has 9 heteroatoms. The Bertz CT molecular complexity index is 723. The molecule has 3 heterocycles. The van der Waals surface area contributed by atoms with Crippen molar-refractivity contribution in [2.45, 2.75) is 19.9 Å². The molecule has 0 atom stereocenters. The first kappa shape index (κ1) is 20.7. The second kappa shape index (κ2) is 9.91. The van der Waals surface area contributed by atoms with Gasteiger partial charge in [-0.15, -0.1) is 35.3 Å². The number of rotatable bonds is 4. The Hall–Kier alpha value is -1.62. The smallest absolute Gasteiger partial charge is 0.289 e. The molecule has 142 valence electrons. The number of guanidine groups is 1. The van der Waals surface area contributed by atoms with E-state index >= 15 is 0 Å². The minimum atomic E-state index is -0.0536. The summed E-state index contributed by atoms with van der Waals surface area (Å²) in [4.78, 5) is 25.2. The number of hydrogen-bond donors (Lipinski definition) is 1. The number of aryl methyl sites for hydroxylation is 1. The number of piperazine rings is 1. The van der Waals surface area contributed by atoms with Crippen molar-refractivity contribution in [2.75, 3.05) is 33.2 Å². The predicted molar refractivity (Wildman–Crippen MR) is 113 cm³/mol. The first-order valence-electron chi connectivity index (χ1n) is 8.43. The van der Waals surface area contributed by atoms with Crippen LogP contribution >= 0.6 is 35.3 Å². The molecule has 2 aromatic heterocycles. The molecule has 0 bridgehead atoms. The van der Waals surface area contributed by atoms with Crippen LogP contribution in [0.25, 0.3) is 0 Å². The molecule has 1 fully saturated rings. The number of aromatic nitrogens is 1. The number of thiazole rings is 1. The van der Waals surface area contributed by atoms with Gasteiger partial charge in [0.2, 0.25) is 0 Å². The van der Waals surface area contributed by atoms with Crippen molar-refractivity contribution < 1.29 is 9.21 Å². The zero-order chi connectivity index (χ0) is 17.6. The van der Waals surface area contributed by atoms with Gasteiger partial charge in [-0.2, -0.15) is 0 Å². The predicted octanol–water partition coefficient (Wildman–Crippen LogP) is 2.45. The normalized spacial score (nSPS) is 14.9. The number of aliphatic imine (C=N–C) groups is 1. The molecule has 26 heavy (non-hydrogen) atoms. The molecule has 1 aliphatic rings. The van der Waals surface area contributed by atoms with Crippen LogP contribution in [0.1, 0.15) is 28.2 Å². The van der Waals surface area contributed by atoms with Crippen LogP contribution in [-0.2, 0) is 13.0 Å². The second-order valence-corrected chi connectivity index (χ2v) is 6.69. The van der Waals surface area contributed by atoms with E-state index in [4.69, 9.17) is 4.42 Å². The summed E-state index contributed by atoms with van der Waals surface area (Å²) in [5.74, 6) is 1.18. The first-order valence-corrected chi connectivity index (χ1v) is 9.31. The van der Waals surface area contributed by atoms with Crippen LogP contribution in [0, 0.1) is 0 Å². The number of furan rings is 1. The fourth-order valence-electron chi connectivity index (χ4n) is 2.77. The van der Waals surface area contributed by atoms with Crippen molar-refractivity contribution in [3.63, 3.8) is 0 Å². The Morgan fingerprint density at radius 2 is 2.08 bits per heavy atom. The molecule has 0 unspecified atom stereocenters. The molecule has 0 saturated carbocycles. The standard InChI is InChI=1S/C17H23N5O2S.HI/c1-3-15-20-13(12-25-15)11-19-17(18-2)22-8-6-21(7-9-22)16(23)14-5-4-10-24-14;/h4-5,10,12H,3,6-9,11H2,1-2H3,(H,18,19);1H. The van der Waals surface area contributed by atoms with Gasteiger partial charge in [-0.3, -0.25) is 9.79 Å². The quantitative estimate of drug-likeness (QED) is 0.406. The molecule has 0 radical (unpaired) electrons. The molecule has 0 spiro atoms. The largest absolute Gasteiger partial charge is 0.459 e. The van der Waals surface area contributed by atoms with Gasteiger partial charge in [0.15, 0.2) is 11.7 Å². The summed E-state index contributed by atoms with van der Waals surface area (Å²) < 4.78 is 5.20. The third kappa shape index (κ3) is 4.97. The maximum absolute atomic E-state index is 12.3. The number of nitrogens with one attached hydrogen (secondary N) is 1. The molecule has 7 nitrogen and oxygen atoms in total. The second-order valence-electron chi connectivity index (χ2n) is 5.74. The van der Waals surface area contributed by atoms with Crippen LogP contribution in [0.2, 0.25) is 0 Å². The topological polar surface area (TPSA) is 74.0 Å². The van der Waals surface area contributed by atoms with Crippen LogP contribution in [-0.4, -0.2) is 59.9 Å². The summed E-state index contributed by atoms with van der Waals surface area (Å²) in [7, 11) is 1.78. The van der Waals surface area contributed by atoms with E-state index in [1.54, 1.807) is 30.5 Å². The number of amides is 1. The summed E-state index contributed by atoms with van der Waals surface area (Å²) in [5, 5.41) is 6.59. The first-order chi connectivity index (χ1) is 12.2.